The first-order valence-electron chi connectivity index (χ1n) is 6.22. The molecule has 2 aromatic heterocycles. The van der Waals surface area contributed by atoms with E-state index in [0.29, 0.717) is 17.8 Å². The van der Waals surface area contributed by atoms with Crippen molar-refractivity contribution in [3.8, 4) is 0 Å². The van der Waals surface area contributed by atoms with Crippen LogP contribution in [-0.4, -0.2) is 28.1 Å². The van der Waals surface area contributed by atoms with Crippen molar-refractivity contribution in [2.45, 2.75) is 32.7 Å². The Kier molecular flexibility index (Phi) is 5.08. The maximum atomic E-state index is 12.0. The maximum Gasteiger partial charge on any atom is 0.257 e. The molecule has 3 N–H and O–H groups in total. The number of carbonyl (C=O) groups excluding carboxylic acids is 1. The monoisotopic (exact) mass is 298 g/mol. The highest BCUT2D eigenvalue weighted by atomic mass is 35.5. The van der Waals surface area contributed by atoms with E-state index in [4.69, 9.17) is 10.3 Å². The summed E-state index contributed by atoms with van der Waals surface area (Å²) >= 11 is 0. The average molecular weight is 299 g/mol. The Morgan fingerprint density at radius 3 is 2.80 bits per heavy atom. The molecule has 0 aromatic carbocycles. The predicted octanol–water partition coefficient (Wildman–Crippen LogP) is 1.67. The number of hydrogen-bond acceptors (Lipinski definition) is 5. The Bertz CT molecular complexity index is 604. The van der Waals surface area contributed by atoms with E-state index in [1.807, 2.05) is 20.8 Å². The third-order valence-electron chi connectivity index (χ3n) is 2.71. The molecule has 2 aromatic rings. The van der Waals surface area contributed by atoms with E-state index >= 15 is 0 Å². The molecule has 2 heterocycles. The van der Waals surface area contributed by atoms with Gasteiger partial charge < -0.3 is 15.6 Å². The molecule has 0 atom stereocenters. The van der Waals surface area contributed by atoms with Gasteiger partial charge in [0.05, 0.1) is 16.6 Å². The molecule has 20 heavy (non-hydrogen) atoms. The topological polar surface area (TPSA) is 94.0 Å². The van der Waals surface area contributed by atoms with E-state index in [0.717, 1.165) is 17.5 Å². The average Bonchev–Trinajstić information content (AvgIpc) is 2.77. The molecule has 0 bridgehead atoms. The zero-order valence-corrected chi connectivity index (χ0v) is 12.6. The zero-order valence-electron chi connectivity index (χ0n) is 11.8. The van der Waals surface area contributed by atoms with E-state index in [2.05, 4.69) is 15.5 Å². The van der Waals surface area contributed by atoms with Crippen molar-refractivity contribution >= 4 is 29.4 Å². The van der Waals surface area contributed by atoms with Gasteiger partial charge >= 0.3 is 0 Å². The molecule has 2 rings (SSSR count). The van der Waals surface area contributed by atoms with Crippen molar-refractivity contribution in [3.63, 3.8) is 0 Å². The molecular formula is C13H19ClN4O2. The van der Waals surface area contributed by atoms with Gasteiger partial charge in [-0.1, -0.05) is 12.1 Å². The van der Waals surface area contributed by atoms with Crippen molar-refractivity contribution in [1.82, 2.24) is 15.5 Å². The Hall–Kier alpha value is -1.66. The van der Waals surface area contributed by atoms with Gasteiger partial charge in [0, 0.05) is 18.3 Å². The van der Waals surface area contributed by atoms with Gasteiger partial charge in [-0.15, -0.1) is 12.4 Å². The lowest BCUT2D eigenvalue weighted by atomic mass is 10.1. The summed E-state index contributed by atoms with van der Waals surface area (Å²) in [6.45, 7) is 6.07. The number of nitrogens with zero attached hydrogens (tertiary/aromatic N) is 2. The summed E-state index contributed by atoms with van der Waals surface area (Å²) in [5, 5.41) is 7.47. The summed E-state index contributed by atoms with van der Waals surface area (Å²) in [7, 11) is 0. The summed E-state index contributed by atoms with van der Waals surface area (Å²) in [5.41, 5.74) is 7.12. The van der Waals surface area contributed by atoms with Gasteiger partial charge in [0.2, 0.25) is 0 Å². The van der Waals surface area contributed by atoms with Gasteiger partial charge in [-0.25, -0.2) is 4.98 Å². The third-order valence-corrected chi connectivity index (χ3v) is 2.71. The van der Waals surface area contributed by atoms with Crippen molar-refractivity contribution in [1.29, 1.82) is 0 Å². The molecule has 7 heteroatoms. The maximum absolute atomic E-state index is 12.0. The van der Waals surface area contributed by atoms with E-state index < -0.39 is 5.54 Å². The molecular weight excluding hydrogens is 280 g/mol. The number of aromatic nitrogens is 2. The number of aryl methyl sites for hydroxylation is 1. The van der Waals surface area contributed by atoms with Crippen LogP contribution in [0.2, 0.25) is 0 Å². The fraction of sp³-hybridized carbons (Fsp3) is 0.462. The number of nitrogens with one attached hydrogen (secondary N) is 1. The molecule has 110 valence electrons. The summed E-state index contributed by atoms with van der Waals surface area (Å²) in [6, 6.07) is 1.75. The van der Waals surface area contributed by atoms with Crippen molar-refractivity contribution in [3.05, 3.63) is 23.5 Å². The lowest BCUT2D eigenvalue weighted by Gasteiger charge is -2.18. The second-order valence-electron chi connectivity index (χ2n) is 5.23. The van der Waals surface area contributed by atoms with Crippen LogP contribution in [0.4, 0.5) is 0 Å². The summed E-state index contributed by atoms with van der Waals surface area (Å²) < 4.78 is 5.08. The number of halogens is 1. The quantitative estimate of drug-likeness (QED) is 0.895. The number of carbonyl (C=O) groups is 1. The number of fused-ring (bicyclic) bond motifs is 1. The molecule has 0 fully saturated rings. The Morgan fingerprint density at radius 1 is 1.50 bits per heavy atom. The molecule has 0 radical (unpaired) electrons. The minimum absolute atomic E-state index is 0. The van der Waals surface area contributed by atoms with Gasteiger partial charge in [-0.05, 0) is 26.3 Å². The number of pyridine rings is 1. The van der Waals surface area contributed by atoms with Crippen LogP contribution in [0.3, 0.4) is 0 Å². The van der Waals surface area contributed by atoms with E-state index in [-0.39, 0.29) is 18.3 Å². The highest BCUT2D eigenvalue weighted by molar-refractivity contribution is 5.97. The summed E-state index contributed by atoms with van der Waals surface area (Å²) in [4.78, 5) is 16.1. The van der Waals surface area contributed by atoms with Crippen LogP contribution in [0, 0.1) is 0 Å². The standard InChI is InChI=1S/C13H18N4O2.ClH/c1-4-10-9-5-8(6-15-12(9)19-17-10)11(18)16-7-13(2,3)14;/h5-6H,4,7,14H2,1-3H3,(H,16,18);1H. The van der Waals surface area contributed by atoms with E-state index in [9.17, 15) is 4.79 Å². The SMILES string of the molecule is CCc1noc2ncc(C(=O)NCC(C)(C)N)cc12.Cl. The lowest BCUT2D eigenvalue weighted by molar-refractivity contribution is 0.0946. The molecule has 0 aliphatic rings. The molecule has 0 spiro atoms. The van der Waals surface area contributed by atoms with Crippen molar-refractivity contribution in [2.75, 3.05) is 6.54 Å². The Balaban J connectivity index is 0.00000200. The normalized spacial score (nSPS) is 11.2. The smallest absolute Gasteiger partial charge is 0.257 e. The van der Waals surface area contributed by atoms with E-state index in [1.54, 1.807) is 6.07 Å². The first-order chi connectivity index (χ1) is 8.90. The van der Waals surface area contributed by atoms with Crippen molar-refractivity contribution < 1.29 is 9.32 Å². The molecule has 0 saturated heterocycles. The second-order valence-corrected chi connectivity index (χ2v) is 5.23. The van der Waals surface area contributed by atoms with Crippen LogP contribution in [0.15, 0.2) is 16.8 Å². The fourth-order valence-electron chi connectivity index (χ4n) is 1.67. The highest BCUT2D eigenvalue weighted by Crippen LogP contribution is 2.18. The highest BCUT2D eigenvalue weighted by Gasteiger charge is 2.15. The van der Waals surface area contributed by atoms with Crippen LogP contribution < -0.4 is 11.1 Å². The van der Waals surface area contributed by atoms with Crippen molar-refractivity contribution in [2.24, 2.45) is 5.73 Å². The largest absolute Gasteiger partial charge is 0.350 e. The Labute approximate surface area is 123 Å². The van der Waals surface area contributed by atoms with Gasteiger partial charge in [-0.3, -0.25) is 4.79 Å². The number of amides is 1. The van der Waals surface area contributed by atoms with E-state index in [1.165, 1.54) is 6.20 Å². The molecule has 0 aliphatic carbocycles. The van der Waals surface area contributed by atoms with Crippen LogP contribution in [0.25, 0.3) is 11.1 Å². The number of hydrogen-bond donors (Lipinski definition) is 2. The molecule has 0 aliphatic heterocycles. The second kappa shape index (κ2) is 6.19. The molecule has 0 unspecified atom stereocenters. The minimum Gasteiger partial charge on any atom is -0.350 e. The Morgan fingerprint density at radius 2 is 2.20 bits per heavy atom. The summed E-state index contributed by atoms with van der Waals surface area (Å²) in [5.74, 6) is -0.198. The minimum atomic E-state index is -0.445. The van der Waals surface area contributed by atoms with Gasteiger partial charge in [-0.2, -0.15) is 0 Å². The van der Waals surface area contributed by atoms with Gasteiger partial charge in [0.1, 0.15) is 0 Å². The third kappa shape index (κ3) is 3.68. The predicted molar refractivity (Wildman–Crippen MR) is 79.0 cm³/mol. The first-order valence-corrected chi connectivity index (χ1v) is 6.22. The summed E-state index contributed by atoms with van der Waals surface area (Å²) in [6.07, 6.45) is 2.21. The van der Waals surface area contributed by atoms with Gasteiger partial charge in [0.25, 0.3) is 11.6 Å². The van der Waals surface area contributed by atoms with Crippen LogP contribution in [-0.2, 0) is 6.42 Å². The number of rotatable bonds is 4. The first kappa shape index (κ1) is 16.4. The van der Waals surface area contributed by atoms with Gasteiger partial charge in [0.15, 0.2) is 0 Å². The fourth-order valence-corrected chi connectivity index (χ4v) is 1.67. The van der Waals surface area contributed by atoms with Crippen LogP contribution in [0.5, 0.6) is 0 Å². The zero-order chi connectivity index (χ0) is 14.0. The molecule has 1 amide bonds. The molecule has 6 nitrogen and oxygen atoms in total. The van der Waals surface area contributed by atoms with Crippen LogP contribution in [0.1, 0.15) is 36.8 Å². The molecule has 0 saturated carbocycles. The lowest BCUT2D eigenvalue weighted by Crippen LogP contribution is -2.45. The number of nitrogens with two attached hydrogens (primary N) is 1. The van der Waals surface area contributed by atoms with Crippen LogP contribution >= 0.6 is 12.4 Å².